The van der Waals surface area contributed by atoms with Crippen LogP contribution in [0.25, 0.3) is 0 Å². The Labute approximate surface area is 70.5 Å². The fraction of sp³-hybridized carbons (Fsp3) is 0.857. The molecule has 0 rings (SSSR count). The SMILES string of the molecule is CCC(=O)C(O)(CC)C[N+](=O)[O-]. The summed E-state index contributed by atoms with van der Waals surface area (Å²) in [5, 5.41) is 19.6. The van der Waals surface area contributed by atoms with Gasteiger partial charge in [0.05, 0.1) is 0 Å². The van der Waals surface area contributed by atoms with Crippen molar-refractivity contribution in [1.82, 2.24) is 0 Å². The highest BCUT2D eigenvalue weighted by atomic mass is 16.6. The van der Waals surface area contributed by atoms with Gasteiger partial charge < -0.3 is 5.11 Å². The second kappa shape index (κ2) is 4.15. The van der Waals surface area contributed by atoms with Crippen molar-refractivity contribution in [2.45, 2.75) is 32.3 Å². The number of aliphatic hydroxyl groups is 1. The van der Waals surface area contributed by atoms with Gasteiger partial charge in [-0.25, -0.2) is 0 Å². The molecule has 1 N–H and O–H groups in total. The minimum atomic E-state index is -1.77. The predicted octanol–water partition coefficient (Wildman–Crippen LogP) is 0.383. The summed E-state index contributed by atoms with van der Waals surface area (Å²) in [4.78, 5) is 20.5. The van der Waals surface area contributed by atoms with E-state index in [0.29, 0.717) is 0 Å². The highest BCUT2D eigenvalue weighted by Gasteiger charge is 2.37. The summed E-state index contributed by atoms with van der Waals surface area (Å²) in [7, 11) is 0. The maximum atomic E-state index is 11.0. The largest absolute Gasteiger partial charge is 0.376 e. The van der Waals surface area contributed by atoms with Gasteiger partial charge in [0.15, 0.2) is 11.4 Å². The lowest BCUT2D eigenvalue weighted by Gasteiger charge is -2.19. The van der Waals surface area contributed by atoms with E-state index in [1.807, 2.05) is 0 Å². The maximum Gasteiger partial charge on any atom is 0.239 e. The first-order chi connectivity index (χ1) is 5.46. The van der Waals surface area contributed by atoms with Crippen LogP contribution in [0.4, 0.5) is 0 Å². The zero-order valence-corrected chi connectivity index (χ0v) is 7.24. The summed E-state index contributed by atoms with van der Waals surface area (Å²) in [6, 6.07) is 0. The molecule has 0 aromatic heterocycles. The van der Waals surface area contributed by atoms with E-state index in [4.69, 9.17) is 0 Å². The van der Waals surface area contributed by atoms with Crippen LogP contribution in [0.15, 0.2) is 0 Å². The number of hydrogen-bond donors (Lipinski definition) is 1. The van der Waals surface area contributed by atoms with Crippen LogP contribution < -0.4 is 0 Å². The molecule has 0 saturated heterocycles. The molecule has 0 amide bonds. The summed E-state index contributed by atoms with van der Waals surface area (Å²) >= 11 is 0. The molecular weight excluding hydrogens is 162 g/mol. The van der Waals surface area contributed by atoms with Crippen molar-refractivity contribution in [3.05, 3.63) is 10.1 Å². The average molecular weight is 175 g/mol. The van der Waals surface area contributed by atoms with E-state index in [1.54, 1.807) is 13.8 Å². The van der Waals surface area contributed by atoms with Crippen molar-refractivity contribution in [1.29, 1.82) is 0 Å². The standard InChI is InChI=1S/C7H13NO4/c1-3-6(9)7(10,4-2)5-8(11)12/h10H,3-5H2,1-2H3. The molecule has 0 aromatic carbocycles. The summed E-state index contributed by atoms with van der Waals surface area (Å²) in [6.45, 7) is 2.43. The van der Waals surface area contributed by atoms with E-state index in [-0.39, 0.29) is 12.8 Å². The van der Waals surface area contributed by atoms with Crippen molar-refractivity contribution in [3.8, 4) is 0 Å². The average Bonchev–Trinajstić information content (AvgIpc) is 2.01. The normalized spacial score (nSPS) is 15.2. The number of nitrogens with zero attached hydrogens (tertiary/aromatic N) is 1. The Kier molecular flexibility index (Phi) is 3.82. The fourth-order valence-electron chi connectivity index (χ4n) is 0.940. The molecule has 0 bridgehead atoms. The van der Waals surface area contributed by atoms with E-state index >= 15 is 0 Å². The Bertz CT molecular complexity index is 192. The third kappa shape index (κ3) is 2.58. The lowest BCUT2D eigenvalue weighted by Crippen LogP contribution is -2.44. The smallest absolute Gasteiger partial charge is 0.239 e. The molecule has 70 valence electrons. The molecule has 1 unspecified atom stereocenters. The molecule has 0 radical (unpaired) electrons. The van der Waals surface area contributed by atoms with E-state index in [9.17, 15) is 20.0 Å². The first kappa shape index (κ1) is 11.0. The van der Waals surface area contributed by atoms with Gasteiger partial charge in [-0.15, -0.1) is 0 Å². The van der Waals surface area contributed by atoms with E-state index < -0.39 is 22.9 Å². The van der Waals surface area contributed by atoms with E-state index in [0.717, 1.165) is 0 Å². The molecule has 0 fully saturated rings. The number of hydrogen-bond acceptors (Lipinski definition) is 4. The lowest BCUT2D eigenvalue weighted by molar-refractivity contribution is -0.496. The van der Waals surface area contributed by atoms with Crippen LogP contribution in [0.3, 0.4) is 0 Å². The molecule has 0 spiro atoms. The van der Waals surface area contributed by atoms with Gasteiger partial charge in [0.25, 0.3) is 0 Å². The predicted molar refractivity (Wildman–Crippen MR) is 42.4 cm³/mol. The molecule has 0 heterocycles. The van der Waals surface area contributed by atoms with Crippen molar-refractivity contribution in [3.63, 3.8) is 0 Å². The monoisotopic (exact) mass is 175 g/mol. The van der Waals surface area contributed by atoms with Gasteiger partial charge in [-0.3, -0.25) is 14.9 Å². The number of ketones is 1. The molecule has 0 aliphatic rings. The molecule has 0 aliphatic carbocycles. The van der Waals surface area contributed by atoms with Gasteiger partial charge >= 0.3 is 0 Å². The first-order valence-corrected chi connectivity index (χ1v) is 3.83. The summed E-state index contributed by atoms with van der Waals surface area (Å²) in [6.07, 6.45) is 0.207. The van der Waals surface area contributed by atoms with E-state index in [1.165, 1.54) is 0 Å². The van der Waals surface area contributed by atoms with Gasteiger partial charge in [-0.2, -0.15) is 0 Å². The summed E-state index contributed by atoms with van der Waals surface area (Å²) in [5.74, 6) is -0.471. The Hall–Kier alpha value is -0.970. The topological polar surface area (TPSA) is 80.4 Å². The van der Waals surface area contributed by atoms with Crippen LogP contribution in [0.1, 0.15) is 26.7 Å². The number of Topliss-reactive ketones (excluding diaryl/α,β-unsaturated/α-hetero) is 1. The molecule has 1 atom stereocenters. The summed E-state index contributed by atoms with van der Waals surface area (Å²) < 4.78 is 0. The minimum absolute atomic E-state index is 0.0840. The zero-order chi connectivity index (χ0) is 9.78. The number of rotatable bonds is 5. The molecule has 12 heavy (non-hydrogen) atoms. The van der Waals surface area contributed by atoms with Gasteiger partial charge in [-0.05, 0) is 6.42 Å². The Morgan fingerprint density at radius 2 is 2.08 bits per heavy atom. The second-order valence-electron chi connectivity index (χ2n) is 2.65. The number of nitro groups is 1. The molecular formula is C7H13NO4. The molecule has 5 heteroatoms. The highest BCUT2D eigenvalue weighted by molar-refractivity contribution is 5.86. The van der Waals surface area contributed by atoms with Gasteiger partial charge in [-0.1, -0.05) is 13.8 Å². The van der Waals surface area contributed by atoms with Crippen LogP contribution in [0, 0.1) is 10.1 Å². The quantitative estimate of drug-likeness (QED) is 0.484. The number of carbonyl (C=O) groups excluding carboxylic acids is 1. The Balaban J connectivity index is 4.44. The van der Waals surface area contributed by atoms with Gasteiger partial charge in [0.2, 0.25) is 6.54 Å². The van der Waals surface area contributed by atoms with Crippen molar-refractivity contribution in [2.75, 3.05) is 6.54 Å². The van der Waals surface area contributed by atoms with Crippen LogP contribution >= 0.6 is 0 Å². The van der Waals surface area contributed by atoms with Gasteiger partial charge in [0, 0.05) is 11.3 Å². The summed E-state index contributed by atoms with van der Waals surface area (Å²) in [5.41, 5.74) is -1.77. The molecule has 0 aliphatic heterocycles. The maximum absolute atomic E-state index is 11.0. The molecule has 5 nitrogen and oxygen atoms in total. The second-order valence-corrected chi connectivity index (χ2v) is 2.65. The van der Waals surface area contributed by atoms with Crippen molar-refractivity contribution >= 4 is 5.78 Å². The van der Waals surface area contributed by atoms with Crippen LogP contribution in [0.5, 0.6) is 0 Å². The Morgan fingerprint density at radius 3 is 2.33 bits per heavy atom. The fourth-order valence-corrected chi connectivity index (χ4v) is 0.940. The zero-order valence-electron chi connectivity index (χ0n) is 7.24. The Morgan fingerprint density at radius 1 is 1.58 bits per heavy atom. The highest BCUT2D eigenvalue weighted by Crippen LogP contribution is 2.13. The van der Waals surface area contributed by atoms with Gasteiger partial charge in [0.1, 0.15) is 0 Å². The lowest BCUT2D eigenvalue weighted by atomic mass is 9.94. The van der Waals surface area contributed by atoms with Crippen molar-refractivity contribution < 1.29 is 14.8 Å². The third-order valence-corrected chi connectivity index (χ3v) is 1.82. The minimum Gasteiger partial charge on any atom is -0.376 e. The first-order valence-electron chi connectivity index (χ1n) is 3.83. The van der Waals surface area contributed by atoms with E-state index in [2.05, 4.69) is 0 Å². The third-order valence-electron chi connectivity index (χ3n) is 1.82. The molecule has 0 saturated carbocycles. The van der Waals surface area contributed by atoms with Crippen LogP contribution in [-0.4, -0.2) is 28.0 Å². The van der Waals surface area contributed by atoms with Crippen LogP contribution in [0.2, 0.25) is 0 Å². The molecule has 0 aromatic rings. The van der Waals surface area contributed by atoms with Crippen LogP contribution in [-0.2, 0) is 4.79 Å². The number of carbonyl (C=O) groups is 1. The van der Waals surface area contributed by atoms with Crippen molar-refractivity contribution in [2.24, 2.45) is 0 Å².